The van der Waals surface area contributed by atoms with Gasteiger partial charge in [-0.1, -0.05) is 30.3 Å². The molecule has 1 fully saturated rings. The maximum absolute atomic E-state index is 11.7. The molecule has 2 rings (SSSR count). The van der Waals surface area contributed by atoms with E-state index in [1.807, 2.05) is 25.1 Å². The highest BCUT2D eigenvalue weighted by atomic mass is 16.1. The summed E-state index contributed by atoms with van der Waals surface area (Å²) in [7, 11) is 0. The highest BCUT2D eigenvalue weighted by Crippen LogP contribution is 2.27. The van der Waals surface area contributed by atoms with Crippen LogP contribution in [-0.2, 0) is 11.2 Å². The van der Waals surface area contributed by atoms with Crippen LogP contribution in [0.1, 0.15) is 25.3 Å². The van der Waals surface area contributed by atoms with Gasteiger partial charge in [0, 0.05) is 6.04 Å². The molecule has 0 saturated heterocycles. The molecule has 0 bridgehead atoms. The van der Waals surface area contributed by atoms with Gasteiger partial charge in [-0.2, -0.15) is 0 Å². The minimum atomic E-state index is 0.0964. The summed E-state index contributed by atoms with van der Waals surface area (Å²) in [5.74, 6) is 0.915. The summed E-state index contributed by atoms with van der Waals surface area (Å²) < 4.78 is 0. The summed E-state index contributed by atoms with van der Waals surface area (Å²) in [5, 5.41) is 6.23. The molecule has 0 spiro atoms. The van der Waals surface area contributed by atoms with Crippen molar-refractivity contribution in [1.29, 1.82) is 0 Å². The predicted octanol–water partition coefficient (Wildman–Crippen LogP) is 1.73. The summed E-state index contributed by atoms with van der Waals surface area (Å²) in [4.78, 5) is 11.7. The zero-order chi connectivity index (χ0) is 12.8. The van der Waals surface area contributed by atoms with Crippen molar-refractivity contribution < 1.29 is 4.79 Å². The second kappa shape index (κ2) is 6.55. The lowest BCUT2D eigenvalue weighted by atomic mass is 10.1. The molecule has 1 unspecified atom stereocenters. The fraction of sp³-hybridized carbons (Fsp3) is 0.533. The van der Waals surface area contributed by atoms with E-state index < -0.39 is 0 Å². The first-order valence-corrected chi connectivity index (χ1v) is 6.78. The maximum atomic E-state index is 11.7. The molecule has 0 radical (unpaired) electrons. The zero-order valence-electron chi connectivity index (χ0n) is 11.0. The number of nitrogens with one attached hydrogen (secondary N) is 2. The van der Waals surface area contributed by atoms with Gasteiger partial charge in [0.2, 0.25) is 5.91 Å². The molecule has 0 aliphatic heterocycles. The Hall–Kier alpha value is -1.35. The van der Waals surface area contributed by atoms with Crippen LogP contribution in [0.5, 0.6) is 0 Å². The Morgan fingerprint density at radius 2 is 2.06 bits per heavy atom. The maximum Gasteiger partial charge on any atom is 0.234 e. The molecular weight excluding hydrogens is 224 g/mol. The van der Waals surface area contributed by atoms with Gasteiger partial charge in [0.05, 0.1) is 6.54 Å². The Labute approximate surface area is 109 Å². The third kappa shape index (κ3) is 4.88. The molecule has 1 aliphatic carbocycles. The lowest BCUT2D eigenvalue weighted by molar-refractivity contribution is -0.120. The largest absolute Gasteiger partial charge is 0.352 e. The lowest BCUT2D eigenvalue weighted by Crippen LogP contribution is -2.40. The van der Waals surface area contributed by atoms with Crippen LogP contribution in [0.3, 0.4) is 0 Å². The molecule has 1 atom stereocenters. The molecule has 2 N–H and O–H groups in total. The lowest BCUT2D eigenvalue weighted by Gasteiger charge is -2.14. The van der Waals surface area contributed by atoms with Crippen molar-refractivity contribution in [2.24, 2.45) is 5.92 Å². The molecule has 3 nitrogen and oxygen atoms in total. The highest BCUT2D eigenvalue weighted by molar-refractivity contribution is 5.78. The van der Waals surface area contributed by atoms with Crippen molar-refractivity contribution in [2.75, 3.05) is 13.1 Å². The molecule has 3 heteroatoms. The predicted molar refractivity (Wildman–Crippen MR) is 73.3 cm³/mol. The third-order valence-electron chi connectivity index (χ3n) is 3.21. The number of carbonyl (C=O) groups is 1. The van der Waals surface area contributed by atoms with Crippen LogP contribution in [0.25, 0.3) is 0 Å². The van der Waals surface area contributed by atoms with Crippen LogP contribution < -0.4 is 10.6 Å². The van der Waals surface area contributed by atoms with E-state index in [2.05, 4.69) is 22.8 Å². The van der Waals surface area contributed by atoms with Gasteiger partial charge < -0.3 is 10.6 Å². The van der Waals surface area contributed by atoms with E-state index in [0.717, 1.165) is 18.9 Å². The average molecular weight is 246 g/mol. The Kier molecular flexibility index (Phi) is 4.76. The number of carbonyl (C=O) groups excluding carboxylic acids is 1. The fourth-order valence-corrected chi connectivity index (χ4v) is 2.06. The number of hydrogen-bond donors (Lipinski definition) is 2. The molecule has 1 saturated carbocycles. The first-order chi connectivity index (χ1) is 8.74. The third-order valence-corrected chi connectivity index (χ3v) is 3.21. The SMILES string of the molecule is CC(Cc1ccccc1)NC(=O)CNCC1CC1. The van der Waals surface area contributed by atoms with E-state index in [0.29, 0.717) is 6.54 Å². The fourth-order valence-electron chi connectivity index (χ4n) is 2.06. The van der Waals surface area contributed by atoms with Gasteiger partial charge in [0.15, 0.2) is 0 Å². The monoisotopic (exact) mass is 246 g/mol. The number of rotatable bonds is 7. The standard InChI is InChI=1S/C15H22N2O/c1-12(9-13-5-3-2-4-6-13)17-15(18)11-16-10-14-7-8-14/h2-6,12,14,16H,7-11H2,1H3,(H,17,18). The topological polar surface area (TPSA) is 41.1 Å². The Morgan fingerprint density at radius 3 is 2.72 bits per heavy atom. The summed E-state index contributed by atoms with van der Waals surface area (Å²) in [6.07, 6.45) is 3.52. The van der Waals surface area contributed by atoms with E-state index in [-0.39, 0.29) is 11.9 Å². The summed E-state index contributed by atoms with van der Waals surface area (Å²) in [6.45, 7) is 3.47. The van der Waals surface area contributed by atoms with Crippen molar-refractivity contribution in [3.05, 3.63) is 35.9 Å². The smallest absolute Gasteiger partial charge is 0.234 e. The molecule has 0 heterocycles. The van der Waals surface area contributed by atoms with E-state index in [1.54, 1.807) is 0 Å². The minimum absolute atomic E-state index is 0.0964. The first kappa shape index (κ1) is 13.1. The van der Waals surface area contributed by atoms with Crippen LogP contribution in [-0.4, -0.2) is 25.0 Å². The Balaban J connectivity index is 1.63. The minimum Gasteiger partial charge on any atom is -0.352 e. The van der Waals surface area contributed by atoms with Gasteiger partial charge in [-0.05, 0) is 44.2 Å². The van der Waals surface area contributed by atoms with Gasteiger partial charge in [0.1, 0.15) is 0 Å². The van der Waals surface area contributed by atoms with Crippen LogP contribution in [0.2, 0.25) is 0 Å². The second-order valence-corrected chi connectivity index (χ2v) is 5.23. The van der Waals surface area contributed by atoms with E-state index >= 15 is 0 Å². The molecule has 18 heavy (non-hydrogen) atoms. The Morgan fingerprint density at radius 1 is 1.33 bits per heavy atom. The van der Waals surface area contributed by atoms with E-state index in [4.69, 9.17) is 0 Å². The highest BCUT2D eigenvalue weighted by Gasteiger charge is 2.20. The molecule has 1 aliphatic rings. The molecule has 1 aromatic rings. The van der Waals surface area contributed by atoms with E-state index in [1.165, 1.54) is 18.4 Å². The van der Waals surface area contributed by atoms with Crippen molar-refractivity contribution in [3.63, 3.8) is 0 Å². The summed E-state index contributed by atoms with van der Waals surface area (Å²) in [5.41, 5.74) is 1.26. The number of benzene rings is 1. The molecule has 1 aromatic carbocycles. The zero-order valence-corrected chi connectivity index (χ0v) is 11.0. The van der Waals surface area contributed by atoms with Crippen molar-refractivity contribution in [1.82, 2.24) is 10.6 Å². The van der Waals surface area contributed by atoms with Gasteiger partial charge in [0.25, 0.3) is 0 Å². The molecule has 0 aromatic heterocycles. The molecule has 98 valence electrons. The van der Waals surface area contributed by atoms with Crippen LogP contribution in [0, 0.1) is 5.92 Å². The Bertz CT molecular complexity index is 373. The second-order valence-electron chi connectivity index (χ2n) is 5.23. The van der Waals surface area contributed by atoms with Crippen molar-refractivity contribution in [3.8, 4) is 0 Å². The number of hydrogen-bond acceptors (Lipinski definition) is 2. The van der Waals surface area contributed by atoms with Crippen LogP contribution in [0.4, 0.5) is 0 Å². The summed E-state index contributed by atoms with van der Waals surface area (Å²) >= 11 is 0. The van der Waals surface area contributed by atoms with Crippen LogP contribution in [0.15, 0.2) is 30.3 Å². The van der Waals surface area contributed by atoms with E-state index in [9.17, 15) is 4.79 Å². The van der Waals surface area contributed by atoms with Gasteiger partial charge in [-0.3, -0.25) is 4.79 Å². The molecule has 1 amide bonds. The van der Waals surface area contributed by atoms with Crippen molar-refractivity contribution in [2.45, 2.75) is 32.2 Å². The number of amides is 1. The quantitative estimate of drug-likeness (QED) is 0.769. The normalized spacial score (nSPS) is 16.3. The first-order valence-electron chi connectivity index (χ1n) is 6.78. The molecular formula is C15H22N2O. The van der Waals surface area contributed by atoms with Gasteiger partial charge in [-0.25, -0.2) is 0 Å². The van der Waals surface area contributed by atoms with Crippen molar-refractivity contribution >= 4 is 5.91 Å². The van der Waals surface area contributed by atoms with Gasteiger partial charge in [-0.15, -0.1) is 0 Å². The van der Waals surface area contributed by atoms with Gasteiger partial charge >= 0.3 is 0 Å². The summed E-state index contributed by atoms with van der Waals surface area (Å²) in [6, 6.07) is 10.4. The average Bonchev–Trinajstić information content (AvgIpc) is 3.14. The van der Waals surface area contributed by atoms with Crippen LogP contribution >= 0.6 is 0 Å².